The second-order valence-corrected chi connectivity index (χ2v) is 8.44. The van der Waals surface area contributed by atoms with Gasteiger partial charge in [-0.15, -0.1) is 24.8 Å². The minimum absolute atomic E-state index is 0. The largest absolute Gasteiger partial charge is 0.353 e. The van der Waals surface area contributed by atoms with Crippen molar-refractivity contribution in [2.75, 3.05) is 0 Å². The normalized spacial score (nSPS) is 24.8. The molecule has 0 aromatic heterocycles. The van der Waals surface area contributed by atoms with Crippen molar-refractivity contribution in [2.45, 2.75) is 63.3 Å². The summed E-state index contributed by atoms with van der Waals surface area (Å²) in [6.45, 7) is 2.96. The highest BCUT2D eigenvalue weighted by Crippen LogP contribution is 2.37. The van der Waals surface area contributed by atoms with Crippen LogP contribution < -0.4 is 11.1 Å². The van der Waals surface area contributed by atoms with Crippen LogP contribution in [0.2, 0.25) is 0 Å². The summed E-state index contributed by atoms with van der Waals surface area (Å²) in [4.78, 5) is 15.5. The van der Waals surface area contributed by atoms with Gasteiger partial charge in [0, 0.05) is 30.7 Å². The second kappa shape index (κ2) is 11.1. The lowest BCUT2D eigenvalue weighted by molar-refractivity contribution is -0.126. The molecule has 6 heteroatoms. The highest BCUT2D eigenvalue weighted by molar-refractivity contribution is 5.85. The Morgan fingerprint density at radius 3 is 2.10 bits per heavy atom. The van der Waals surface area contributed by atoms with Gasteiger partial charge in [0.05, 0.1) is 5.92 Å². The summed E-state index contributed by atoms with van der Waals surface area (Å²) in [6.07, 6.45) is 4.57. The number of nitrogens with one attached hydrogen (secondary N) is 1. The third kappa shape index (κ3) is 5.55. The fourth-order valence-corrected chi connectivity index (χ4v) is 4.90. The molecular weight excluding hydrogens is 417 g/mol. The topological polar surface area (TPSA) is 58.4 Å². The number of hydrogen-bond donors (Lipinski definition) is 2. The molecule has 2 heterocycles. The fraction of sp³-hybridized carbons (Fsp3) is 0.458. The molecule has 30 heavy (non-hydrogen) atoms. The van der Waals surface area contributed by atoms with Crippen LogP contribution in [0.5, 0.6) is 0 Å². The van der Waals surface area contributed by atoms with Gasteiger partial charge in [-0.1, -0.05) is 67.6 Å². The summed E-state index contributed by atoms with van der Waals surface area (Å²) in [5, 5.41) is 3.31. The number of carbonyl (C=O) groups excluding carboxylic acids is 1. The fourth-order valence-electron chi connectivity index (χ4n) is 4.90. The van der Waals surface area contributed by atoms with Gasteiger partial charge in [-0.3, -0.25) is 9.69 Å². The van der Waals surface area contributed by atoms with E-state index in [9.17, 15) is 4.79 Å². The smallest absolute Gasteiger partial charge is 0.224 e. The van der Waals surface area contributed by atoms with E-state index in [0.29, 0.717) is 12.1 Å². The first-order chi connectivity index (χ1) is 13.6. The average molecular weight is 450 g/mol. The zero-order valence-electron chi connectivity index (χ0n) is 17.4. The first kappa shape index (κ1) is 24.7. The second-order valence-electron chi connectivity index (χ2n) is 8.44. The predicted octanol–water partition coefficient (Wildman–Crippen LogP) is 4.48. The lowest BCUT2D eigenvalue weighted by Crippen LogP contribution is -2.51. The molecule has 4 unspecified atom stereocenters. The molecule has 2 aromatic carbocycles. The molecule has 1 amide bonds. The molecule has 2 aromatic rings. The number of nitrogens with zero attached hydrogens (tertiary/aromatic N) is 1. The molecule has 0 aliphatic carbocycles. The van der Waals surface area contributed by atoms with Crippen molar-refractivity contribution in [3.63, 3.8) is 0 Å². The van der Waals surface area contributed by atoms with Gasteiger partial charge in [0.2, 0.25) is 5.91 Å². The molecule has 2 fully saturated rings. The number of hydrogen-bond acceptors (Lipinski definition) is 3. The van der Waals surface area contributed by atoms with E-state index in [1.807, 2.05) is 37.3 Å². The maximum absolute atomic E-state index is 12.8. The average Bonchev–Trinajstić information content (AvgIpc) is 2.96. The Hall–Kier alpha value is -1.59. The van der Waals surface area contributed by atoms with Gasteiger partial charge in [0.1, 0.15) is 0 Å². The minimum atomic E-state index is -0.268. The number of carbonyl (C=O) groups is 1. The number of amides is 1. The molecule has 2 aliphatic heterocycles. The van der Waals surface area contributed by atoms with E-state index >= 15 is 0 Å². The van der Waals surface area contributed by atoms with Crippen molar-refractivity contribution in [3.8, 4) is 0 Å². The summed E-state index contributed by atoms with van der Waals surface area (Å²) in [7, 11) is 0. The van der Waals surface area contributed by atoms with E-state index in [1.54, 1.807) is 0 Å². The maximum atomic E-state index is 12.8. The predicted molar refractivity (Wildman–Crippen MR) is 127 cm³/mol. The molecule has 4 atom stereocenters. The molecule has 0 saturated carbocycles. The van der Waals surface area contributed by atoms with E-state index in [4.69, 9.17) is 5.73 Å². The summed E-state index contributed by atoms with van der Waals surface area (Å²) in [5.74, 6) is -0.153. The molecular formula is C24H33Cl2N3O. The first-order valence-electron chi connectivity index (χ1n) is 10.5. The Morgan fingerprint density at radius 2 is 1.53 bits per heavy atom. The van der Waals surface area contributed by atoms with Gasteiger partial charge in [-0.2, -0.15) is 0 Å². The van der Waals surface area contributed by atoms with E-state index < -0.39 is 0 Å². The molecule has 0 spiro atoms. The van der Waals surface area contributed by atoms with Crippen LogP contribution in [0.25, 0.3) is 0 Å². The molecule has 4 rings (SSSR count). The van der Waals surface area contributed by atoms with Crippen LogP contribution in [0.3, 0.4) is 0 Å². The molecule has 4 nitrogen and oxygen atoms in total. The quantitative estimate of drug-likeness (QED) is 0.683. The van der Waals surface area contributed by atoms with E-state index in [1.165, 1.54) is 18.4 Å². The third-order valence-corrected chi connectivity index (χ3v) is 6.58. The van der Waals surface area contributed by atoms with Crippen LogP contribution in [-0.4, -0.2) is 28.9 Å². The first-order valence-corrected chi connectivity index (χ1v) is 10.5. The van der Waals surface area contributed by atoms with E-state index in [0.717, 1.165) is 24.9 Å². The van der Waals surface area contributed by atoms with E-state index in [2.05, 4.69) is 40.5 Å². The Balaban J connectivity index is 0.00000160. The zero-order valence-corrected chi connectivity index (χ0v) is 19.1. The lowest BCUT2D eigenvalue weighted by atomic mass is 9.92. The van der Waals surface area contributed by atoms with E-state index in [-0.39, 0.29) is 48.7 Å². The van der Waals surface area contributed by atoms with Crippen molar-refractivity contribution in [1.29, 1.82) is 0 Å². The van der Waals surface area contributed by atoms with Gasteiger partial charge in [-0.25, -0.2) is 0 Å². The van der Waals surface area contributed by atoms with Crippen LogP contribution in [0, 0.1) is 5.92 Å². The minimum Gasteiger partial charge on any atom is -0.353 e. The van der Waals surface area contributed by atoms with Crippen molar-refractivity contribution >= 4 is 30.7 Å². The monoisotopic (exact) mass is 449 g/mol. The van der Waals surface area contributed by atoms with Gasteiger partial charge < -0.3 is 11.1 Å². The van der Waals surface area contributed by atoms with Gasteiger partial charge in [-0.05, 0) is 36.8 Å². The Morgan fingerprint density at radius 1 is 1.00 bits per heavy atom. The Kier molecular flexibility index (Phi) is 9.17. The highest BCUT2D eigenvalue weighted by atomic mass is 35.5. The third-order valence-electron chi connectivity index (χ3n) is 6.58. The van der Waals surface area contributed by atoms with Crippen molar-refractivity contribution in [3.05, 3.63) is 71.8 Å². The molecule has 2 bridgehead atoms. The Bertz CT molecular complexity index is 776. The lowest BCUT2D eigenvalue weighted by Gasteiger charge is -2.39. The summed E-state index contributed by atoms with van der Waals surface area (Å²) in [5.41, 5.74) is 8.75. The van der Waals surface area contributed by atoms with Crippen LogP contribution in [0.4, 0.5) is 0 Å². The summed E-state index contributed by atoms with van der Waals surface area (Å²) in [6, 6.07) is 21.8. The standard InChI is InChI=1S/C24H31N3O.2ClH/c1-17(23(25)19-10-6-3-7-11-19)24(28)26-20-14-21-12-13-22(15-20)27(21)16-18-8-4-2-5-9-18;;/h2-11,17,20-23H,12-16,25H2,1H3,(H,26,28);2*1H. The number of halogens is 2. The molecule has 0 radical (unpaired) electrons. The van der Waals surface area contributed by atoms with Crippen LogP contribution in [0.15, 0.2) is 60.7 Å². The van der Waals surface area contributed by atoms with Gasteiger partial charge >= 0.3 is 0 Å². The molecule has 2 saturated heterocycles. The van der Waals surface area contributed by atoms with Crippen LogP contribution in [0.1, 0.15) is 49.8 Å². The number of fused-ring (bicyclic) bond motifs is 2. The molecule has 2 aliphatic rings. The van der Waals surface area contributed by atoms with Crippen molar-refractivity contribution in [1.82, 2.24) is 10.2 Å². The number of benzene rings is 2. The summed E-state index contributed by atoms with van der Waals surface area (Å²) >= 11 is 0. The van der Waals surface area contributed by atoms with Crippen LogP contribution in [-0.2, 0) is 11.3 Å². The zero-order chi connectivity index (χ0) is 19.5. The van der Waals surface area contributed by atoms with Crippen molar-refractivity contribution < 1.29 is 4.79 Å². The summed E-state index contributed by atoms with van der Waals surface area (Å²) < 4.78 is 0. The van der Waals surface area contributed by atoms with Gasteiger partial charge in [0.15, 0.2) is 0 Å². The highest BCUT2D eigenvalue weighted by Gasteiger charge is 2.41. The molecule has 3 N–H and O–H groups in total. The maximum Gasteiger partial charge on any atom is 0.224 e. The van der Waals surface area contributed by atoms with Crippen molar-refractivity contribution in [2.24, 2.45) is 11.7 Å². The SMILES string of the molecule is CC(C(=O)NC1CC2CCC(C1)N2Cc1ccccc1)C(N)c1ccccc1.Cl.Cl. The van der Waals surface area contributed by atoms with Gasteiger partial charge in [0.25, 0.3) is 0 Å². The van der Waals surface area contributed by atoms with Crippen LogP contribution >= 0.6 is 24.8 Å². The Labute approximate surface area is 192 Å². The number of rotatable bonds is 6. The number of piperidine rings is 1. The molecule has 164 valence electrons. The number of nitrogens with two attached hydrogens (primary N) is 1.